The molecule has 1 amide bonds. The highest BCUT2D eigenvalue weighted by Gasteiger charge is 2.28. The average Bonchev–Trinajstić information content (AvgIpc) is 2.19. The highest BCUT2D eigenvalue weighted by Crippen LogP contribution is 2.22. The number of aliphatic hydroxyl groups excluding tert-OH is 1. The number of carbonyl (C=O) groups is 1. The van der Waals surface area contributed by atoms with Crippen LogP contribution in [0.4, 0.5) is 0 Å². The molecule has 0 bridgehead atoms. The lowest BCUT2D eigenvalue weighted by Gasteiger charge is -2.33. The van der Waals surface area contributed by atoms with Gasteiger partial charge in [-0.25, -0.2) is 0 Å². The number of carbonyl (C=O) groups excluding carboxylic acids is 1. The Morgan fingerprint density at radius 1 is 1.44 bits per heavy atom. The van der Waals surface area contributed by atoms with Crippen LogP contribution in [0.3, 0.4) is 0 Å². The van der Waals surface area contributed by atoms with E-state index in [0.29, 0.717) is 13.0 Å². The Kier molecular flexibility index (Phi) is 4.50. The first kappa shape index (κ1) is 13.2. The lowest BCUT2D eigenvalue weighted by atomic mass is 10.0. The fraction of sp³-hybridized carbons (Fsp3) is 0.750. The molecule has 16 heavy (non-hydrogen) atoms. The molecule has 1 heterocycles. The summed E-state index contributed by atoms with van der Waals surface area (Å²) >= 11 is 0. The maximum atomic E-state index is 11.9. The number of hydrogen-bond donors (Lipinski definition) is 1. The average molecular weight is 226 g/mol. The number of amides is 1. The van der Waals surface area contributed by atoms with Gasteiger partial charge in [0.1, 0.15) is 6.23 Å². The molecule has 0 aliphatic carbocycles. The zero-order valence-corrected chi connectivity index (χ0v) is 10.7. The van der Waals surface area contributed by atoms with Crippen LogP contribution in [0.15, 0.2) is 11.1 Å². The summed E-state index contributed by atoms with van der Waals surface area (Å²) in [6.07, 6.45) is 0.833. The van der Waals surface area contributed by atoms with E-state index in [9.17, 15) is 9.90 Å². The number of nitrogens with zero attached hydrogens (tertiary/aromatic N) is 2. The first-order valence-electron chi connectivity index (χ1n) is 5.73. The highest BCUT2D eigenvalue weighted by molar-refractivity contribution is 5.94. The molecule has 0 spiro atoms. The van der Waals surface area contributed by atoms with Crippen molar-refractivity contribution in [1.29, 1.82) is 0 Å². The number of rotatable bonds is 4. The standard InChI is InChI=1S/C12H22N2O2/c1-9-8-11(15)14(12(16)10(9)2)7-5-6-13(3)4/h11,15H,5-8H2,1-4H3. The van der Waals surface area contributed by atoms with Crippen molar-refractivity contribution >= 4 is 5.91 Å². The molecular weight excluding hydrogens is 204 g/mol. The molecule has 0 saturated heterocycles. The predicted molar refractivity (Wildman–Crippen MR) is 63.9 cm³/mol. The highest BCUT2D eigenvalue weighted by atomic mass is 16.3. The summed E-state index contributed by atoms with van der Waals surface area (Å²) in [5.41, 5.74) is 1.79. The Morgan fingerprint density at radius 2 is 2.06 bits per heavy atom. The zero-order valence-electron chi connectivity index (χ0n) is 10.7. The van der Waals surface area contributed by atoms with Gasteiger partial charge in [0.15, 0.2) is 0 Å². The van der Waals surface area contributed by atoms with Gasteiger partial charge in [-0.05, 0) is 40.9 Å². The van der Waals surface area contributed by atoms with Crippen LogP contribution in [0.2, 0.25) is 0 Å². The number of hydrogen-bond acceptors (Lipinski definition) is 3. The van der Waals surface area contributed by atoms with Crippen molar-refractivity contribution < 1.29 is 9.90 Å². The summed E-state index contributed by atoms with van der Waals surface area (Å²) in [6, 6.07) is 0. The van der Waals surface area contributed by atoms with E-state index in [1.165, 1.54) is 0 Å². The molecule has 1 aliphatic rings. The van der Waals surface area contributed by atoms with Crippen molar-refractivity contribution in [1.82, 2.24) is 9.80 Å². The van der Waals surface area contributed by atoms with E-state index in [2.05, 4.69) is 4.90 Å². The van der Waals surface area contributed by atoms with Crippen LogP contribution in [0.5, 0.6) is 0 Å². The summed E-state index contributed by atoms with van der Waals surface area (Å²) < 4.78 is 0. The van der Waals surface area contributed by atoms with Crippen molar-refractivity contribution in [2.75, 3.05) is 27.2 Å². The van der Waals surface area contributed by atoms with Gasteiger partial charge < -0.3 is 14.9 Å². The summed E-state index contributed by atoms with van der Waals surface area (Å²) in [6.45, 7) is 5.30. The molecule has 0 aromatic heterocycles. The van der Waals surface area contributed by atoms with E-state index in [-0.39, 0.29) is 5.91 Å². The molecule has 4 nitrogen and oxygen atoms in total. The molecule has 1 unspecified atom stereocenters. The van der Waals surface area contributed by atoms with Crippen molar-refractivity contribution in [3.8, 4) is 0 Å². The fourth-order valence-corrected chi connectivity index (χ4v) is 1.88. The first-order chi connectivity index (χ1) is 7.43. The van der Waals surface area contributed by atoms with Gasteiger partial charge in [-0.3, -0.25) is 4.79 Å². The zero-order chi connectivity index (χ0) is 12.3. The van der Waals surface area contributed by atoms with E-state index >= 15 is 0 Å². The van der Waals surface area contributed by atoms with Gasteiger partial charge in [0.05, 0.1) is 0 Å². The summed E-state index contributed by atoms with van der Waals surface area (Å²) in [7, 11) is 4.01. The van der Waals surface area contributed by atoms with Gasteiger partial charge in [-0.2, -0.15) is 0 Å². The Bertz CT molecular complexity index is 297. The quantitative estimate of drug-likeness (QED) is 0.772. The minimum absolute atomic E-state index is 0.0185. The summed E-state index contributed by atoms with van der Waals surface area (Å²) in [5, 5.41) is 9.85. The second-order valence-corrected chi connectivity index (χ2v) is 4.75. The molecule has 1 N–H and O–H groups in total. The van der Waals surface area contributed by atoms with Crippen molar-refractivity contribution in [3.05, 3.63) is 11.1 Å². The fourth-order valence-electron chi connectivity index (χ4n) is 1.88. The minimum Gasteiger partial charge on any atom is -0.373 e. The van der Waals surface area contributed by atoms with Crippen molar-refractivity contribution in [2.45, 2.75) is 32.9 Å². The van der Waals surface area contributed by atoms with Crippen LogP contribution in [0.1, 0.15) is 26.7 Å². The molecule has 0 saturated carbocycles. The molecular formula is C12H22N2O2. The molecule has 0 fully saturated rings. The van der Waals surface area contributed by atoms with Crippen LogP contribution in [0.25, 0.3) is 0 Å². The van der Waals surface area contributed by atoms with E-state index < -0.39 is 6.23 Å². The minimum atomic E-state index is -0.640. The molecule has 92 valence electrons. The molecule has 1 rings (SSSR count). The van der Waals surface area contributed by atoms with Gasteiger partial charge in [0.25, 0.3) is 5.91 Å². The molecule has 0 aromatic rings. The molecule has 0 aromatic carbocycles. The summed E-state index contributed by atoms with van der Waals surface area (Å²) in [5.74, 6) is -0.0185. The molecule has 4 heteroatoms. The van der Waals surface area contributed by atoms with Gasteiger partial charge in [0, 0.05) is 18.5 Å². The molecule has 1 aliphatic heterocycles. The third kappa shape index (κ3) is 3.06. The van der Waals surface area contributed by atoms with E-state index in [1.807, 2.05) is 27.9 Å². The van der Waals surface area contributed by atoms with E-state index in [4.69, 9.17) is 0 Å². The smallest absolute Gasteiger partial charge is 0.251 e. The summed E-state index contributed by atoms with van der Waals surface area (Å²) in [4.78, 5) is 15.6. The Balaban J connectivity index is 2.57. The Labute approximate surface area is 97.5 Å². The SMILES string of the molecule is CC1=C(C)C(=O)N(CCCN(C)C)C(O)C1. The van der Waals surface area contributed by atoms with Crippen molar-refractivity contribution in [2.24, 2.45) is 0 Å². The van der Waals surface area contributed by atoms with Gasteiger partial charge in [0.2, 0.25) is 0 Å². The van der Waals surface area contributed by atoms with Crippen LogP contribution >= 0.6 is 0 Å². The molecule has 0 radical (unpaired) electrons. The second kappa shape index (κ2) is 5.46. The second-order valence-electron chi connectivity index (χ2n) is 4.75. The lowest BCUT2D eigenvalue weighted by Crippen LogP contribution is -2.45. The lowest BCUT2D eigenvalue weighted by molar-refractivity contribution is -0.138. The maximum absolute atomic E-state index is 11.9. The monoisotopic (exact) mass is 226 g/mol. The van der Waals surface area contributed by atoms with Crippen LogP contribution in [0, 0.1) is 0 Å². The van der Waals surface area contributed by atoms with E-state index in [0.717, 1.165) is 24.1 Å². The molecule has 1 atom stereocenters. The third-order valence-corrected chi connectivity index (χ3v) is 3.07. The topological polar surface area (TPSA) is 43.8 Å². The number of aliphatic hydroxyl groups is 1. The van der Waals surface area contributed by atoms with Gasteiger partial charge in [-0.1, -0.05) is 5.57 Å². The predicted octanol–water partition coefficient (Wildman–Crippen LogP) is 0.825. The van der Waals surface area contributed by atoms with Gasteiger partial charge >= 0.3 is 0 Å². The van der Waals surface area contributed by atoms with Crippen molar-refractivity contribution in [3.63, 3.8) is 0 Å². The van der Waals surface area contributed by atoms with E-state index in [1.54, 1.807) is 4.90 Å². The largest absolute Gasteiger partial charge is 0.373 e. The first-order valence-corrected chi connectivity index (χ1v) is 5.73. The Hall–Kier alpha value is -0.870. The maximum Gasteiger partial charge on any atom is 0.251 e. The third-order valence-electron chi connectivity index (χ3n) is 3.07. The normalized spacial score (nSPS) is 22.2. The van der Waals surface area contributed by atoms with Crippen LogP contribution in [-0.2, 0) is 4.79 Å². The Morgan fingerprint density at radius 3 is 2.62 bits per heavy atom. The van der Waals surface area contributed by atoms with Crippen LogP contribution < -0.4 is 0 Å². The van der Waals surface area contributed by atoms with Gasteiger partial charge in [-0.15, -0.1) is 0 Å². The van der Waals surface area contributed by atoms with Crippen LogP contribution in [-0.4, -0.2) is 54.2 Å².